The zero-order chi connectivity index (χ0) is 15.0. The molecular formula is C16H27N3S. The van der Waals surface area contributed by atoms with E-state index in [1.54, 1.807) is 0 Å². The molecule has 1 aliphatic heterocycles. The topological polar surface area (TPSA) is 29.0 Å². The summed E-state index contributed by atoms with van der Waals surface area (Å²) < 4.78 is 0. The second-order valence-corrected chi connectivity index (χ2v) is 8.76. The summed E-state index contributed by atoms with van der Waals surface area (Å²) in [6, 6.07) is 2.19. The Labute approximate surface area is 127 Å². The summed E-state index contributed by atoms with van der Waals surface area (Å²) in [4.78, 5) is 12.1. The van der Waals surface area contributed by atoms with Gasteiger partial charge < -0.3 is 4.90 Å². The van der Waals surface area contributed by atoms with E-state index in [-0.39, 0.29) is 10.8 Å². The van der Waals surface area contributed by atoms with Crippen LogP contribution in [0.1, 0.15) is 53.1 Å². The first kappa shape index (κ1) is 15.6. The van der Waals surface area contributed by atoms with Crippen molar-refractivity contribution in [3.8, 4) is 0 Å². The van der Waals surface area contributed by atoms with Gasteiger partial charge in [-0.3, -0.25) is 0 Å². The van der Waals surface area contributed by atoms with Gasteiger partial charge in [0, 0.05) is 41.5 Å². The fourth-order valence-electron chi connectivity index (χ4n) is 2.11. The van der Waals surface area contributed by atoms with Crippen LogP contribution in [0.2, 0.25) is 0 Å². The van der Waals surface area contributed by atoms with Crippen LogP contribution < -0.4 is 4.90 Å². The molecule has 1 saturated heterocycles. The Morgan fingerprint density at radius 3 is 2.05 bits per heavy atom. The molecule has 0 bridgehead atoms. The molecule has 0 aromatic carbocycles. The van der Waals surface area contributed by atoms with Crippen molar-refractivity contribution < 1.29 is 0 Å². The molecule has 0 radical (unpaired) electrons. The molecule has 20 heavy (non-hydrogen) atoms. The highest BCUT2D eigenvalue weighted by Crippen LogP contribution is 2.28. The van der Waals surface area contributed by atoms with Crippen molar-refractivity contribution in [1.29, 1.82) is 0 Å². The number of aromatic nitrogens is 2. The van der Waals surface area contributed by atoms with Gasteiger partial charge in [-0.2, -0.15) is 11.8 Å². The summed E-state index contributed by atoms with van der Waals surface area (Å²) in [6.45, 7) is 15.4. The molecule has 1 aromatic rings. The smallest absolute Gasteiger partial charge is 0.136 e. The second kappa shape index (κ2) is 5.55. The minimum Gasteiger partial charge on any atom is -0.355 e. The average Bonchev–Trinajstić information content (AvgIpc) is 2.37. The maximum absolute atomic E-state index is 4.85. The molecule has 0 amide bonds. The summed E-state index contributed by atoms with van der Waals surface area (Å²) in [6.07, 6.45) is 0. The summed E-state index contributed by atoms with van der Waals surface area (Å²) in [5.74, 6) is 4.45. The van der Waals surface area contributed by atoms with Gasteiger partial charge in [-0.25, -0.2) is 9.97 Å². The molecule has 112 valence electrons. The van der Waals surface area contributed by atoms with Crippen LogP contribution in [0.5, 0.6) is 0 Å². The Morgan fingerprint density at radius 1 is 0.950 bits per heavy atom. The molecule has 1 aliphatic rings. The molecule has 2 heterocycles. The monoisotopic (exact) mass is 293 g/mol. The Kier molecular flexibility index (Phi) is 4.33. The van der Waals surface area contributed by atoms with E-state index in [2.05, 4.69) is 52.5 Å². The minimum atomic E-state index is -0.0133. The molecular weight excluding hydrogens is 266 g/mol. The molecule has 0 atom stereocenters. The molecule has 0 unspecified atom stereocenters. The molecule has 2 rings (SSSR count). The van der Waals surface area contributed by atoms with E-state index < -0.39 is 0 Å². The van der Waals surface area contributed by atoms with Gasteiger partial charge in [0.15, 0.2) is 0 Å². The van der Waals surface area contributed by atoms with Crippen molar-refractivity contribution in [2.45, 2.75) is 52.4 Å². The molecule has 4 heteroatoms. The van der Waals surface area contributed by atoms with Crippen LogP contribution in [-0.2, 0) is 10.8 Å². The minimum absolute atomic E-state index is 0.0133. The Hall–Kier alpha value is -0.770. The summed E-state index contributed by atoms with van der Waals surface area (Å²) in [5.41, 5.74) is 1.19. The van der Waals surface area contributed by atoms with Gasteiger partial charge in [0.1, 0.15) is 11.6 Å². The van der Waals surface area contributed by atoms with Crippen molar-refractivity contribution in [1.82, 2.24) is 9.97 Å². The highest BCUT2D eigenvalue weighted by Gasteiger charge is 2.25. The summed E-state index contributed by atoms with van der Waals surface area (Å²) in [7, 11) is 0. The number of thioether (sulfide) groups is 1. The van der Waals surface area contributed by atoms with Gasteiger partial charge in [0.05, 0.1) is 5.69 Å². The van der Waals surface area contributed by atoms with Crippen LogP contribution in [-0.4, -0.2) is 34.6 Å². The lowest BCUT2D eigenvalue weighted by atomic mass is 9.90. The molecule has 1 fully saturated rings. The predicted molar refractivity (Wildman–Crippen MR) is 89.0 cm³/mol. The van der Waals surface area contributed by atoms with E-state index in [0.29, 0.717) is 0 Å². The molecule has 3 nitrogen and oxygen atoms in total. The van der Waals surface area contributed by atoms with Gasteiger partial charge in [-0.15, -0.1) is 0 Å². The number of anilines is 1. The third-order valence-electron chi connectivity index (χ3n) is 3.49. The number of hydrogen-bond donors (Lipinski definition) is 0. The lowest BCUT2D eigenvalue weighted by Gasteiger charge is -2.30. The summed E-state index contributed by atoms with van der Waals surface area (Å²) in [5, 5.41) is 0. The van der Waals surface area contributed by atoms with Gasteiger partial charge in [-0.05, 0) is 0 Å². The van der Waals surface area contributed by atoms with Crippen molar-refractivity contribution in [3.63, 3.8) is 0 Å². The van der Waals surface area contributed by atoms with Crippen molar-refractivity contribution in [3.05, 3.63) is 17.6 Å². The van der Waals surface area contributed by atoms with E-state index in [1.165, 1.54) is 11.5 Å². The highest BCUT2D eigenvalue weighted by atomic mass is 32.2. The zero-order valence-corrected chi connectivity index (χ0v) is 14.5. The molecule has 1 aromatic heterocycles. The first-order valence-corrected chi connectivity index (χ1v) is 8.56. The Balaban J connectivity index is 2.45. The fraction of sp³-hybridized carbons (Fsp3) is 0.750. The van der Waals surface area contributed by atoms with Crippen LogP contribution in [0.25, 0.3) is 0 Å². The van der Waals surface area contributed by atoms with E-state index in [9.17, 15) is 0 Å². The third-order valence-corrected chi connectivity index (χ3v) is 4.43. The van der Waals surface area contributed by atoms with Gasteiger partial charge in [0.25, 0.3) is 0 Å². The van der Waals surface area contributed by atoms with Gasteiger partial charge in [-0.1, -0.05) is 41.5 Å². The fourth-order valence-corrected chi connectivity index (χ4v) is 3.01. The number of hydrogen-bond acceptors (Lipinski definition) is 4. The van der Waals surface area contributed by atoms with E-state index in [0.717, 1.165) is 30.4 Å². The van der Waals surface area contributed by atoms with E-state index in [4.69, 9.17) is 9.97 Å². The first-order chi connectivity index (χ1) is 9.18. The van der Waals surface area contributed by atoms with Crippen molar-refractivity contribution >= 4 is 17.6 Å². The van der Waals surface area contributed by atoms with Crippen LogP contribution in [0, 0.1) is 0 Å². The largest absolute Gasteiger partial charge is 0.355 e. The van der Waals surface area contributed by atoms with Gasteiger partial charge >= 0.3 is 0 Å². The van der Waals surface area contributed by atoms with Crippen molar-refractivity contribution in [2.75, 3.05) is 29.5 Å². The first-order valence-electron chi connectivity index (χ1n) is 7.41. The maximum atomic E-state index is 4.85. The van der Waals surface area contributed by atoms with E-state index >= 15 is 0 Å². The molecule has 0 saturated carbocycles. The normalized spacial score (nSPS) is 17.4. The lowest BCUT2D eigenvalue weighted by Crippen LogP contribution is -2.34. The summed E-state index contributed by atoms with van der Waals surface area (Å²) >= 11 is 2.03. The standard InChI is InChI=1S/C16H27N3S/c1-15(2,3)12-11-13(19-7-9-20-10-8-19)18-14(17-12)16(4,5)6/h11H,7-10H2,1-6H3. The average molecular weight is 293 g/mol. The maximum Gasteiger partial charge on any atom is 0.136 e. The Morgan fingerprint density at radius 2 is 1.55 bits per heavy atom. The highest BCUT2D eigenvalue weighted by molar-refractivity contribution is 7.99. The van der Waals surface area contributed by atoms with Crippen LogP contribution in [0.3, 0.4) is 0 Å². The van der Waals surface area contributed by atoms with Crippen LogP contribution >= 0.6 is 11.8 Å². The van der Waals surface area contributed by atoms with Crippen LogP contribution in [0.15, 0.2) is 6.07 Å². The quantitative estimate of drug-likeness (QED) is 0.791. The van der Waals surface area contributed by atoms with Gasteiger partial charge in [0.2, 0.25) is 0 Å². The lowest BCUT2D eigenvalue weighted by molar-refractivity contribution is 0.512. The number of nitrogens with zero attached hydrogens (tertiary/aromatic N) is 3. The third kappa shape index (κ3) is 3.66. The zero-order valence-electron chi connectivity index (χ0n) is 13.7. The van der Waals surface area contributed by atoms with Crippen molar-refractivity contribution in [2.24, 2.45) is 0 Å². The van der Waals surface area contributed by atoms with E-state index in [1.807, 2.05) is 11.8 Å². The van der Waals surface area contributed by atoms with Crippen LogP contribution in [0.4, 0.5) is 5.82 Å². The number of rotatable bonds is 1. The molecule has 0 spiro atoms. The molecule has 0 N–H and O–H groups in total. The Bertz CT molecular complexity index is 433. The molecule has 0 aliphatic carbocycles. The predicted octanol–water partition coefficient (Wildman–Crippen LogP) is 3.62. The SMILES string of the molecule is CC(C)(C)c1cc(N2CCSCC2)nc(C(C)(C)C)n1. The second-order valence-electron chi connectivity index (χ2n) is 7.53.